The van der Waals surface area contributed by atoms with Gasteiger partial charge in [0, 0.05) is 19.9 Å². The van der Waals surface area contributed by atoms with Crippen LogP contribution in [0.3, 0.4) is 0 Å². The van der Waals surface area contributed by atoms with Crippen LogP contribution in [0.2, 0.25) is 0 Å². The minimum absolute atomic E-state index is 0.0129. The van der Waals surface area contributed by atoms with Gasteiger partial charge in [0.15, 0.2) is 0 Å². The van der Waals surface area contributed by atoms with E-state index in [-0.39, 0.29) is 30.3 Å². The zero-order chi connectivity index (χ0) is 19.3. The number of likely N-dealkylation sites (N-methyl/N-ethyl adjacent to an activating group) is 1. The maximum absolute atomic E-state index is 14.2. The molecule has 2 aliphatic heterocycles. The minimum Gasteiger partial charge on any atom is -0.320 e. The second-order valence-electron chi connectivity index (χ2n) is 6.86. The zero-order valence-corrected chi connectivity index (χ0v) is 15.0. The summed E-state index contributed by atoms with van der Waals surface area (Å²) in [6, 6.07) is 11.2. The van der Waals surface area contributed by atoms with Crippen LogP contribution in [0.15, 0.2) is 42.5 Å². The summed E-state index contributed by atoms with van der Waals surface area (Å²) in [4.78, 5) is 41.4. The van der Waals surface area contributed by atoms with Crippen LogP contribution in [0.4, 0.5) is 15.8 Å². The Morgan fingerprint density at radius 2 is 1.93 bits per heavy atom. The number of benzene rings is 2. The Kier molecular flexibility index (Phi) is 3.76. The number of halogens is 1. The fraction of sp³-hybridized carbons (Fsp3) is 0.250. The van der Waals surface area contributed by atoms with E-state index in [1.807, 2.05) is 0 Å². The summed E-state index contributed by atoms with van der Waals surface area (Å²) in [5, 5.41) is 2.57. The SMILES string of the molecule is Cc1ccc(NC(=O)C23CCC(=O)N2c2ccccc2C(=O)N3C)c(F)c1. The van der Waals surface area contributed by atoms with Crippen LogP contribution in [-0.2, 0) is 9.59 Å². The number of anilines is 2. The number of nitrogens with one attached hydrogen (secondary N) is 1. The molecule has 7 heteroatoms. The van der Waals surface area contributed by atoms with Gasteiger partial charge in [0.1, 0.15) is 5.82 Å². The second-order valence-corrected chi connectivity index (χ2v) is 6.86. The van der Waals surface area contributed by atoms with Crippen molar-refractivity contribution in [2.24, 2.45) is 0 Å². The van der Waals surface area contributed by atoms with Crippen LogP contribution in [-0.4, -0.2) is 35.3 Å². The third-order valence-electron chi connectivity index (χ3n) is 5.28. The summed E-state index contributed by atoms with van der Waals surface area (Å²) in [5.41, 5.74) is -0.0122. The Balaban J connectivity index is 1.81. The van der Waals surface area contributed by atoms with Gasteiger partial charge in [0.25, 0.3) is 11.8 Å². The van der Waals surface area contributed by atoms with Gasteiger partial charge in [-0.3, -0.25) is 19.3 Å². The first-order valence-electron chi connectivity index (χ1n) is 8.64. The molecule has 0 saturated carbocycles. The van der Waals surface area contributed by atoms with Gasteiger partial charge in [0.2, 0.25) is 11.6 Å². The number of carbonyl (C=O) groups is 3. The topological polar surface area (TPSA) is 69.7 Å². The maximum atomic E-state index is 14.2. The van der Waals surface area contributed by atoms with Crippen LogP contribution in [0, 0.1) is 12.7 Å². The molecule has 1 saturated heterocycles. The number of aryl methyl sites for hydroxylation is 1. The summed E-state index contributed by atoms with van der Waals surface area (Å²) in [6.07, 6.45) is 0.261. The third-order valence-corrected chi connectivity index (χ3v) is 5.28. The number of hydrogen-bond acceptors (Lipinski definition) is 3. The van der Waals surface area contributed by atoms with Gasteiger partial charge >= 0.3 is 0 Å². The molecule has 6 nitrogen and oxygen atoms in total. The molecule has 0 radical (unpaired) electrons. The highest BCUT2D eigenvalue weighted by Gasteiger charge is 2.59. The van der Waals surface area contributed by atoms with Crippen LogP contribution in [0.5, 0.6) is 0 Å². The van der Waals surface area contributed by atoms with E-state index in [0.717, 1.165) is 5.56 Å². The average Bonchev–Trinajstić information content (AvgIpc) is 3.01. The van der Waals surface area contributed by atoms with E-state index >= 15 is 0 Å². The Morgan fingerprint density at radius 1 is 1.19 bits per heavy atom. The lowest BCUT2D eigenvalue weighted by Crippen LogP contribution is -2.68. The molecule has 0 bridgehead atoms. The average molecular weight is 367 g/mol. The molecule has 0 aliphatic carbocycles. The minimum atomic E-state index is -1.51. The van der Waals surface area contributed by atoms with Crippen LogP contribution >= 0.6 is 0 Å². The van der Waals surface area contributed by atoms with Gasteiger partial charge < -0.3 is 10.2 Å². The maximum Gasteiger partial charge on any atom is 0.271 e. The molecule has 138 valence electrons. The van der Waals surface area contributed by atoms with Gasteiger partial charge in [-0.2, -0.15) is 0 Å². The van der Waals surface area contributed by atoms with Gasteiger partial charge in [0.05, 0.1) is 16.9 Å². The number of fused-ring (bicyclic) bond motifs is 3. The quantitative estimate of drug-likeness (QED) is 0.887. The molecular formula is C20H18FN3O3. The van der Waals surface area contributed by atoms with Crippen molar-refractivity contribution in [3.05, 3.63) is 59.4 Å². The van der Waals surface area contributed by atoms with Crippen molar-refractivity contribution in [1.82, 2.24) is 4.90 Å². The summed E-state index contributed by atoms with van der Waals surface area (Å²) < 4.78 is 14.2. The molecule has 2 heterocycles. The Hall–Kier alpha value is -3.22. The predicted molar refractivity (Wildman–Crippen MR) is 97.8 cm³/mol. The van der Waals surface area contributed by atoms with E-state index in [0.29, 0.717) is 11.3 Å². The van der Waals surface area contributed by atoms with Crippen molar-refractivity contribution in [3.8, 4) is 0 Å². The van der Waals surface area contributed by atoms with E-state index < -0.39 is 17.4 Å². The first kappa shape index (κ1) is 17.2. The van der Waals surface area contributed by atoms with Gasteiger partial charge in [-0.15, -0.1) is 0 Å². The smallest absolute Gasteiger partial charge is 0.271 e. The molecule has 1 N–H and O–H groups in total. The molecule has 27 heavy (non-hydrogen) atoms. The number of nitrogens with zero attached hydrogens (tertiary/aromatic N) is 2. The normalized spacial score (nSPS) is 21.1. The molecule has 1 unspecified atom stereocenters. The summed E-state index contributed by atoms with van der Waals surface area (Å²) >= 11 is 0. The molecule has 4 rings (SSSR count). The molecule has 0 aromatic heterocycles. The monoisotopic (exact) mass is 367 g/mol. The van der Waals surface area contributed by atoms with E-state index in [1.165, 1.54) is 29.0 Å². The summed E-state index contributed by atoms with van der Waals surface area (Å²) in [7, 11) is 1.49. The van der Waals surface area contributed by atoms with Gasteiger partial charge in [-0.05, 0) is 36.8 Å². The van der Waals surface area contributed by atoms with Crippen molar-refractivity contribution in [1.29, 1.82) is 0 Å². The molecule has 2 aliphatic rings. The Bertz CT molecular complexity index is 990. The fourth-order valence-corrected chi connectivity index (χ4v) is 3.87. The number of rotatable bonds is 2. The van der Waals surface area contributed by atoms with E-state index in [2.05, 4.69) is 5.32 Å². The van der Waals surface area contributed by atoms with Gasteiger partial charge in [-0.25, -0.2) is 4.39 Å². The Labute approximate surface area is 155 Å². The van der Waals surface area contributed by atoms with Crippen LogP contribution in [0.1, 0.15) is 28.8 Å². The van der Waals surface area contributed by atoms with Crippen LogP contribution in [0.25, 0.3) is 0 Å². The Morgan fingerprint density at radius 3 is 2.67 bits per heavy atom. The summed E-state index contributed by atoms with van der Waals surface area (Å²) in [6.45, 7) is 1.75. The molecule has 1 fully saturated rings. The predicted octanol–water partition coefficient (Wildman–Crippen LogP) is 2.68. The number of carbonyl (C=O) groups excluding carboxylic acids is 3. The van der Waals surface area contributed by atoms with Crippen molar-refractivity contribution in [3.63, 3.8) is 0 Å². The standard InChI is InChI=1S/C20H18FN3O3/c1-12-7-8-15(14(21)11-12)22-19(27)20-10-9-17(25)24(20)16-6-4-3-5-13(16)18(26)23(20)2/h3-8,11H,9-10H2,1-2H3,(H,22,27). The van der Waals surface area contributed by atoms with E-state index in [9.17, 15) is 18.8 Å². The lowest BCUT2D eigenvalue weighted by molar-refractivity contribution is -0.128. The highest BCUT2D eigenvalue weighted by Crippen LogP contribution is 2.44. The number of amides is 3. The van der Waals surface area contributed by atoms with Crippen molar-refractivity contribution in [2.45, 2.75) is 25.4 Å². The van der Waals surface area contributed by atoms with E-state index in [1.54, 1.807) is 37.3 Å². The molecule has 1 atom stereocenters. The zero-order valence-electron chi connectivity index (χ0n) is 15.0. The fourth-order valence-electron chi connectivity index (χ4n) is 3.87. The highest BCUT2D eigenvalue weighted by molar-refractivity contribution is 6.18. The molecular weight excluding hydrogens is 349 g/mol. The van der Waals surface area contributed by atoms with Crippen molar-refractivity contribution in [2.75, 3.05) is 17.3 Å². The van der Waals surface area contributed by atoms with E-state index in [4.69, 9.17) is 0 Å². The highest BCUT2D eigenvalue weighted by atomic mass is 19.1. The van der Waals surface area contributed by atoms with Crippen molar-refractivity contribution >= 4 is 29.1 Å². The molecule has 3 amide bonds. The third kappa shape index (κ3) is 2.34. The largest absolute Gasteiger partial charge is 0.320 e. The molecule has 0 spiro atoms. The first-order valence-corrected chi connectivity index (χ1v) is 8.64. The van der Waals surface area contributed by atoms with Crippen molar-refractivity contribution < 1.29 is 18.8 Å². The molecule has 2 aromatic carbocycles. The van der Waals surface area contributed by atoms with Crippen LogP contribution < -0.4 is 10.2 Å². The summed E-state index contributed by atoms with van der Waals surface area (Å²) in [5.74, 6) is -1.78. The lowest BCUT2D eigenvalue weighted by Gasteiger charge is -2.47. The second kappa shape index (κ2) is 5.90. The molecule has 2 aromatic rings. The lowest BCUT2D eigenvalue weighted by atomic mass is 9.96. The first-order chi connectivity index (χ1) is 12.9. The van der Waals surface area contributed by atoms with Gasteiger partial charge in [-0.1, -0.05) is 18.2 Å². The number of para-hydroxylation sites is 1. The number of hydrogen-bond donors (Lipinski definition) is 1.